The Labute approximate surface area is 210 Å². The van der Waals surface area contributed by atoms with Gasteiger partial charge in [0.05, 0.1) is 17.4 Å². The van der Waals surface area contributed by atoms with Gasteiger partial charge in [0.15, 0.2) is 0 Å². The lowest BCUT2D eigenvalue weighted by molar-refractivity contribution is -0.142. The molecule has 4 fully saturated rings. The van der Waals surface area contributed by atoms with Crippen molar-refractivity contribution in [2.24, 2.45) is 11.8 Å². The van der Waals surface area contributed by atoms with E-state index in [1.165, 1.54) is 31.7 Å². The van der Waals surface area contributed by atoms with Crippen molar-refractivity contribution in [3.05, 3.63) is 29.3 Å². The Bertz CT molecular complexity index is 971. The molecule has 36 heavy (non-hydrogen) atoms. The van der Waals surface area contributed by atoms with Crippen LogP contribution in [0.3, 0.4) is 0 Å². The lowest BCUT2D eigenvalue weighted by Gasteiger charge is -2.34. The number of amides is 1. The highest BCUT2D eigenvalue weighted by Gasteiger charge is 2.39. The molecule has 1 saturated carbocycles. The number of nitrogens with zero attached hydrogens (tertiary/aromatic N) is 3. The maximum Gasteiger partial charge on any atom is 0.416 e. The summed E-state index contributed by atoms with van der Waals surface area (Å²) in [6.45, 7) is 3.80. The van der Waals surface area contributed by atoms with E-state index in [9.17, 15) is 27.9 Å². The first-order valence-corrected chi connectivity index (χ1v) is 13.4. The number of carboxylic acids is 1. The van der Waals surface area contributed by atoms with Crippen molar-refractivity contribution in [1.82, 2.24) is 9.80 Å². The molecular weight excluding hydrogens is 471 g/mol. The summed E-state index contributed by atoms with van der Waals surface area (Å²) in [5, 5.41) is 9.31. The van der Waals surface area contributed by atoms with Gasteiger partial charge in [-0.25, -0.2) is 0 Å². The smallest absolute Gasteiger partial charge is 0.416 e. The number of aliphatic carboxylic acids is 1. The van der Waals surface area contributed by atoms with Crippen molar-refractivity contribution in [3.8, 4) is 0 Å². The standard InChI is InChI=1S/C27H36F3N3O3/c28-27(29,30)21-5-6-23(24(15-21)31-11-7-18(8-12-31)26(35)36)19-9-14-33(16-19)25(34)20-10-13-32(17-20)22-3-1-2-4-22/h5-6,15,18-20,22H,1-4,7-14,16-17H2,(H,35,36)/t19-,20?/m1/s1. The molecule has 3 heterocycles. The van der Waals surface area contributed by atoms with E-state index in [0.29, 0.717) is 50.7 Å². The molecule has 5 rings (SSSR count). The Kier molecular flexibility index (Phi) is 7.21. The largest absolute Gasteiger partial charge is 0.481 e. The van der Waals surface area contributed by atoms with Gasteiger partial charge in [0.2, 0.25) is 5.91 Å². The predicted octanol–water partition coefficient (Wildman–Crippen LogP) is 4.59. The molecule has 3 aliphatic heterocycles. The van der Waals surface area contributed by atoms with Crippen molar-refractivity contribution in [2.75, 3.05) is 44.2 Å². The number of likely N-dealkylation sites (tertiary alicyclic amines) is 2. The summed E-state index contributed by atoms with van der Waals surface area (Å²) < 4.78 is 40.6. The topological polar surface area (TPSA) is 64.1 Å². The highest BCUT2D eigenvalue weighted by Crippen LogP contribution is 2.40. The summed E-state index contributed by atoms with van der Waals surface area (Å²) in [5.41, 5.74) is 0.692. The molecule has 1 amide bonds. The molecule has 198 valence electrons. The van der Waals surface area contributed by atoms with Crippen LogP contribution in [0.25, 0.3) is 0 Å². The summed E-state index contributed by atoms with van der Waals surface area (Å²) in [6.07, 6.45) is 3.01. The van der Waals surface area contributed by atoms with Crippen LogP contribution in [0.4, 0.5) is 18.9 Å². The van der Waals surface area contributed by atoms with Crippen molar-refractivity contribution in [1.29, 1.82) is 0 Å². The summed E-state index contributed by atoms with van der Waals surface area (Å²) in [6, 6.07) is 4.56. The van der Waals surface area contributed by atoms with Gasteiger partial charge in [0.25, 0.3) is 0 Å². The third-order valence-corrected chi connectivity index (χ3v) is 8.89. The molecule has 1 unspecified atom stereocenters. The second kappa shape index (κ2) is 10.2. The Morgan fingerprint density at radius 3 is 2.22 bits per heavy atom. The van der Waals surface area contributed by atoms with E-state index in [0.717, 1.165) is 37.6 Å². The lowest BCUT2D eigenvalue weighted by atomic mass is 9.91. The van der Waals surface area contributed by atoms with Gasteiger partial charge in [-0.3, -0.25) is 14.5 Å². The van der Waals surface area contributed by atoms with Crippen LogP contribution >= 0.6 is 0 Å². The van der Waals surface area contributed by atoms with Crippen LogP contribution in [0.5, 0.6) is 0 Å². The average Bonchev–Trinajstić information content (AvgIpc) is 3.64. The van der Waals surface area contributed by atoms with E-state index < -0.39 is 23.6 Å². The van der Waals surface area contributed by atoms with Crippen molar-refractivity contribution in [3.63, 3.8) is 0 Å². The van der Waals surface area contributed by atoms with Crippen LogP contribution in [0, 0.1) is 11.8 Å². The number of piperidine rings is 1. The molecule has 4 aliphatic rings. The second-order valence-electron chi connectivity index (χ2n) is 11.1. The van der Waals surface area contributed by atoms with Crippen LogP contribution in [0.2, 0.25) is 0 Å². The maximum atomic E-state index is 13.5. The molecule has 3 saturated heterocycles. The predicted molar refractivity (Wildman–Crippen MR) is 130 cm³/mol. The maximum absolute atomic E-state index is 13.5. The zero-order valence-corrected chi connectivity index (χ0v) is 20.7. The number of carbonyl (C=O) groups excluding carboxylic acids is 1. The summed E-state index contributed by atoms with van der Waals surface area (Å²) >= 11 is 0. The third-order valence-electron chi connectivity index (χ3n) is 8.89. The number of carbonyl (C=O) groups is 2. The van der Waals surface area contributed by atoms with Crippen molar-refractivity contribution < 1.29 is 27.9 Å². The van der Waals surface area contributed by atoms with Crippen LogP contribution in [0.1, 0.15) is 68.4 Å². The minimum atomic E-state index is -4.45. The monoisotopic (exact) mass is 507 g/mol. The van der Waals surface area contributed by atoms with E-state index in [1.807, 2.05) is 9.80 Å². The van der Waals surface area contributed by atoms with Crippen molar-refractivity contribution >= 4 is 17.6 Å². The quantitative estimate of drug-likeness (QED) is 0.632. The molecule has 0 bridgehead atoms. The van der Waals surface area contributed by atoms with E-state index >= 15 is 0 Å². The number of carboxylic acid groups (broad SMARTS) is 1. The zero-order chi connectivity index (χ0) is 25.4. The van der Waals surface area contributed by atoms with E-state index in [2.05, 4.69) is 4.90 Å². The van der Waals surface area contributed by atoms with Crippen LogP contribution in [0.15, 0.2) is 18.2 Å². The molecule has 1 aromatic rings. The number of hydrogen-bond donors (Lipinski definition) is 1. The molecule has 1 aliphatic carbocycles. The first-order chi connectivity index (χ1) is 17.2. The van der Waals surface area contributed by atoms with Crippen LogP contribution in [-0.2, 0) is 15.8 Å². The fraction of sp³-hybridized carbons (Fsp3) is 0.704. The van der Waals surface area contributed by atoms with Crippen molar-refractivity contribution in [2.45, 2.75) is 69.5 Å². The molecule has 9 heteroatoms. The van der Waals surface area contributed by atoms with E-state index in [4.69, 9.17) is 0 Å². The average molecular weight is 508 g/mol. The number of alkyl halides is 3. The Hall–Kier alpha value is -2.29. The van der Waals surface area contributed by atoms with Gasteiger partial charge < -0.3 is 14.9 Å². The minimum absolute atomic E-state index is 0.0178. The molecule has 0 radical (unpaired) electrons. The Balaban J connectivity index is 1.29. The number of anilines is 1. The van der Waals surface area contributed by atoms with Gasteiger partial charge in [0.1, 0.15) is 0 Å². The number of rotatable bonds is 5. The van der Waals surface area contributed by atoms with Gasteiger partial charge >= 0.3 is 12.1 Å². The van der Waals surface area contributed by atoms with Gasteiger partial charge in [-0.05, 0) is 62.8 Å². The number of hydrogen-bond acceptors (Lipinski definition) is 4. The van der Waals surface area contributed by atoms with Gasteiger partial charge in [-0.15, -0.1) is 0 Å². The van der Waals surface area contributed by atoms with E-state index in [-0.39, 0.29) is 17.7 Å². The van der Waals surface area contributed by atoms with E-state index in [1.54, 1.807) is 6.07 Å². The van der Waals surface area contributed by atoms with Crippen LogP contribution in [-0.4, -0.2) is 72.1 Å². The molecule has 6 nitrogen and oxygen atoms in total. The normalized spacial score (nSPS) is 26.8. The van der Waals surface area contributed by atoms with Gasteiger partial charge in [-0.2, -0.15) is 13.2 Å². The SMILES string of the molecule is O=C(O)C1CCN(c2cc(C(F)(F)F)ccc2[C@@H]2CCN(C(=O)C3CCN(C4CCCC4)C3)C2)CC1. The lowest BCUT2D eigenvalue weighted by Crippen LogP contribution is -2.38. The van der Waals surface area contributed by atoms with Gasteiger partial charge in [0, 0.05) is 50.4 Å². The first kappa shape index (κ1) is 25.4. The molecule has 2 atom stereocenters. The Morgan fingerprint density at radius 1 is 0.861 bits per heavy atom. The third kappa shape index (κ3) is 5.22. The first-order valence-electron chi connectivity index (χ1n) is 13.4. The zero-order valence-electron chi connectivity index (χ0n) is 20.7. The number of benzene rings is 1. The van der Waals surface area contributed by atoms with Crippen LogP contribution < -0.4 is 4.90 Å². The molecular formula is C27H36F3N3O3. The highest BCUT2D eigenvalue weighted by atomic mass is 19.4. The Morgan fingerprint density at radius 2 is 1.56 bits per heavy atom. The number of halogens is 3. The molecule has 1 aromatic carbocycles. The fourth-order valence-corrected chi connectivity index (χ4v) is 6.77. The molecule has 1 N–H and O–H groups in total. The molecule has 0 aromatic heterocycles. The van der Waals surface area contributed by atoms with Gasteiger partial charge in [-0.1, -0.05) is 18.9 Å². The summed E-state index contributed by atoms with van der Waals surface area (Å²) in [7, 11) is 0. The highest BCUT2D eigenvalue weighted by molar-refractivity contribution is 5.80. The second-order valence-corrected chi connectivity index (χ2v) is 11.1. The molecule has 0 spiro atoms. The summed E-state index contributed by atoms with van der Waals surface area (Å²) in [5.74, 6) is -1.11. The summed E-state index contributed by atoms with van der Waals surface area (Å²) in [4.78, 5) is 31.0. The fourth-order valence-electron chi connectivity index (χ4n) is 6.77. The minimum Gasteiger partial charge on any atom is -0.481 e.